The lowest BCUT2D eigenvalue weighted by molar-refractivity contribution is 0.00578. The molecule has 1 atom stereocenters. The third-order valence-corrected chi connectivity index (χ3v) is 6.54. The second kappa shape index (κ2) is 8.88. The summed E-state index contributed by atoms with van der Waals surface area (Å²) in [5.41, 5.74) is 0.103. The van der Waals surface area contributed by atoms with Crippen molar-refractivity contribution in [3.8, 4) is 0 Å². The summed E-state index contributed by atoms with van der Waals surface area (Å²) in [5.74, 6) is 1.31. The Morgan fingerprint density at radius 1 is 1.21 bits per heavy atom. The number of β-amino-alcohol motifs (C(OH)–C–C–N with tert-alkyl or cyclic N) is 1. The van der Waals surface area contributed by atoms with Crippen LogP contribution < -0.4 is 10.4 Å². The zero-order chi connectivity index (χ0) is 21.2. The summed E-state index contributed by atoms with van der Waals surface area (Å²) in [5, 5.41) is 9.24. The lowest BCUT2D eigenvalue weighted by Gasteiger charge is -2.36. The maximum absolute atomic E-state index is 9.24. The largest absolute Gasteiger partial charge is 0.498 e. The monoisotopic (exact) mass is 404 g/mol. The minimum atomic E-state index is -0.438. The number of piperidine rings is 1. The van der Waals surface area contributed by atoms with Gasteiger partial charge in [-0.05, 0) is 66.8 Å². The van der Waals surface area contributed by atoms with E-state index in [1.54, 1.807) is 0 Å². The maximum atomic E-state index is 9.24. The van der Waals surface area contributed by atoms with Gasteiger partial charge in [0.1, 0.15) is 0 Å². The van der Waals surface area contributed by atoms with E-state index in [0.29, 0.717) is 12.0 Å². The van der Waals surface area contributed by atoms with Crippen molar-refractivity contribution in [3.63, 3.8) is 0 Å². The van der Waals surface area contributed by atoms with Gasteiger partial charge < -0.3 is 24.2 Å². The number of likely N-dealkylation sites (tertiary alicyclic amines) is 1. The van der Waals surface area contributed by atoms with Crippen molar-refractivity contribution >= 4 is 18.5 Å². The van der Waals surface area contributed by atoms with E-state index in [9.17, 15) is 5.11 Å². The molecule has 0 amide bonds. The predicted molar refractivity (Wildman–Crippen MR) is 116 cm³/mol. The van der Waals surface area contributed by atoms with E-state index in [-0.39, 0.29) is 17.8 Å². The van der Waals surface area contributed by atoms with Gasteiger partial charge >= 0.3 is 7.12 Å². The molecule has 3 heterocycles. The van der Waals surface area contributed by atoms with Gasteiger partial charge in [0, 0.05) is 43.5 Å². The van der Waals surface area contributed by atoms with Crippen molar-refractivity contribution in [2.24, 2.45) is 5.92 Å². The first-order chi connectivity index (χ1) is 13.6. The minimum absolute atomic E-state index is 0.226. The number of hydrogen-bond acceptors (Lipinski definition) is 7. The Labute approximate surface area is 175 Å². The van der Waals surface area contributed by atoms with Gasteiger partial charge in [0.25, 0.3) is 0 Å². The minimum Gasteiger partial charge on any atom is -0.399 e. The Hall–Kier alpha value is -1.22. The Morgan fingerprint density at radius 2 is 1.83 bits per heavy atom. The zero-order valence-electron chi connectivity index (χ0n) is 18.9. The first-order valence-corrected chi connectivity index (χ1v) is 10.9. The molecule has 2 aliphatic rings. The Bertz CT molecular complexity index is 650. The summed E-state index contributed by atoms with van der Waals surface area (Å²) < 4.78 is 12.2. The number of hydrogen-bond donors (Lipinski definition) is 1. The first-order valence-electron chi connectivity index (χ1n) is 10.9. The highest BCUT2D eigenvalue weighted by Crippen LogP contribution is 2.36. The molecule has 0 bridgehead atoms. The van der Waals surface area contributed by atoms with E-state index in [1.165, 1.54) is 12.8 Å². The molecule has 1 aromatic rings. The summed E-state index contributed by atoms with van der Waals surface area (Å²) >= 11 is 0. The normalized spacial score (nSPS) is 24.3. The van der Waals surface area contributed by atoms with Crippen LogP contribution in [-0.4, -0.2) is 77.1 Å². The van der Waals surface area contributed by atoms with Crippen LogP contribution in [0.1, 0.15) is 54.4 Å². The van der Waals surface area contributed by atoms with Crippen LogP contribution in [0, 0.1) is 5.92 Å². The summed E-state index contributed by atoms with van der Waals surface area (Å²) in [6, 6.07) is 0.311. The van der Waals surface area contributed by atoms with Gasteiger partial charge in [0.05, 0.1) is 17.8 Å². The van der Waals surface area contributed by atoms with Crippen LogP contribution in [0.3, 0.4) is 0 Å². The average Bonchev–Trinajstić information content (AvgIpc) is 2.88. The highest BCUT2D eigenvalue weighted by molar-refractivity contribution is 6.61. The number of rotatable bonds is 7. The van der Waals surface area contributed by atoms with Crippen molar-refractivity contribution in [1.82, 2.24) is 14.9 Å². The van der Waals surface area contributed by atoms with E-state index >= 15 is 0 Å². The third-order valence-electron chi connectivity index (χ3n) is 6.54. The van der Waals surface area contributed by atoms with E-state index in [0.717, 1.165) is 37.6 Å². The summed E-state index contributed by atoms with van der Waals surface area (Å²) in [6.07, 6.45) is 6.05. The standard InChI is InChI=1S/C21H37BN4O3/c1-16(2)26(15-17-8-7-9-25(14-17)10-11-27)19-23-12-18(13-24-19)22-28-20(3,4)21(5,6)29-22/h12-13,16-17,27H,7-11,14-15H2,1-6H3/t17-/m0/s1. The lowest BCUT2D eigenvalue weighted by Crippen LogP contribution is -2.44. The van der Waals surface area contributed by atoms with Crippen molar-refractivity contribution in [1.29, 1.82) is 0 Å². The van der Waals surface area contributed by atoms with Gasteiger partial charge in [-0.3, -0.25) is 0 Å². The molecule has 0 unspecified atom stereocenters. The van der Waals surface area contributed by atoms with Gasteiger partial charge in [-0.25, -0.2) is 9.97 Å². The van der Waals surface area contributed by atoms with E-state index in [2.05, 4.69) is 33.6 Å². The molecule has 8 heteroatoms. The van der Waals surface area contributed by atoms with Crippen LogP contribution in [0.25, 0.3) is 0 Å². The lowest BCUT2D eigenvalue weighted by atomic mass is 9.81. The third kappa shape index (κ3) is 5.10. The molecule has 2 saturated heterocycles. The fourth-order valence-corrected chi connectivity index (χ4v) is 4.03. The van der Waals surface area contributed by atoms with E-state index < -0.39 is 7.12 Å². The molecule has 7 nitrogen and oxygen atoms in total. The number of aliphatic hydroxyl groups is 1. The second-order valence-electron chi connectivity index (χ2n) is 9.68. The fraction of sp³-hybridized carbons (Fsp3) is 0.810. The van der Waals surface area contributed by atoms with Crippen molar-refractivity contribution in [2.75, 3.05) is 37.7 Å². The molecule has 0 aliphatic carbocycles. The molecular weight excluding hydrogens is 367 g/mol. The Kier molecular flexibility index (Phi) is 6.88. The van der Waals surface area contributed by atoms with Crippen LogP contribution >= 0.6 is 0 Å². The Morgan fingerprint density at radius 3 is 2.38 bits per heavy atom. The summed E-state index contributed by atoms with van der Waals surface area (Å²) in [4.78, 5) is 14.0. The first kappa shape index (κ1) is 22.5. The molecule has 0 aromatic carbocycles. The topological polar surface area (TPSA) is 71.0 Å². The Balaban J connectivity index is 1.68. The number of aliphatic hydroxyl groups excluding tert-OH is 1. The van der Waals surface area contributed by atoms with Crippen LogP contribution in [0.5, 0.6) is 0 Å². The van der Waals surface area contributed by atoms with Crippen LogP contribution in [0.15, 0.2) is 12.4 Å². The van der Waals surface area contributed by atoms with Gasteiger partial charge in [-0.15, -0.1) is 0 Å². The molecule has 2 fully saturated rings. The molecule has 0 saturated carbocycles. The molecule has 0 spiro atoms. The van der Waals surface area contributed by atoms with Gasteiger partial charge in [0.2, 0.25) is 5.95 Å². The summed E-state index contributed by atoms with van der Waals surface area (Å²) in [7, 11) is -0.438. The molecule has 0 radical (unpaired) electrons. The van der Waals surface area contributed by atoms with Crippen LogP contribution in [0.2, 0.25) is 0 Å². The highest BCUT2D eigenvalue weighted by Gasteiger charge is 2.52. The average molecular weight is 404 g/mol. The van der Waals surface area contributed by atoms with Crippen LogP contribution in [0.4, 0.5) is 5.95 Å². The highest BCUT2D eigenvalue weighted by atomic mass is 16.7. The molecule has 2 aliphatic heterocycles. The summed E-state index contributed by atoms with van der Waals surface area (Å²) in [6.45, 7) is 16.6. The molecule has 29 heavy (non-hydrogen) atoms. The van der Waals surface area contributed by atoms with Crippen LogP contribution in [-0.2, 0) is 9.31 Å². The predicted octanol–water partition coefficient (Wildman–Crippen LogP) is 1.69. The van der Waals surface area contributed by atoms with E-state index in [1.807, 2.05) is 40.1 Å². The van der Waals surface area contributed by atoms with Gasteiger partial charge in [-0.2, -0.15) is 0 Å². The number of nitrogens with zero attached hydrogens (tertiary/aromatic N) is 4. The van der Waals surface area contributed by atoms with Crippen molar-refractivity contribution < 1.29 is 14.4 Å². The fourth-order valence-electron chi connectivity index (χ4n) is 4.03. The van der Waals surface area contributed by atoms with E-state index in [4.69, 9.17) is 9.31 Å². The quantitative estimate of drug-likeness (QED) is 0.694. The SMILES string of the molecule is CC(C)N(C[C@H]1CCCN(CCO)C1)c1ncc(B2OC(C)(C)C(C)(C)O2)cn1. The zero-order valence-corrected chi connectivity index (χ0v) is 18.9. The molecule has 3 rings (SSSR count). The molecule has 1 N–H and O–H groups in total. The molecule has 1 aromatic heterocycles. The van der Waals surface area contributed by atoms with Gasteiger partial charge in [-0.1, -0.05) is 0 Å². The number of anilines is 1. The smallest absolute Gasteiger partial charge is 0.399 e. The maximum Gasteiger partial charge on any atom is 0.498 e. The molecular formula is C21H37BN4O3. The number of aromatic nitrogens is 2. The second-order valence-corrected chi connectivity index (χ2v) is 9.68. The molecule has 162 valence electrons. The van der Waals surface area contributed by atoms with Gasteiger partial charge in [0.15, 0.2) is 0 Å². The van der Waals surface area contributed by atoms with Crippen molar-refractivity contribution in [2.45, 2.75) is 71.6 Å². The van der Waals surface area contributed by atoms with Crippen molar-refractivity contribution in [3.05, 3.63) is 12.4 Å².